The standard InChI is InChI=1S/C12H17BrO2/c1-5-9-10(13)6-8(12(2,3)14)7-11(9)15-4/h6-7,14H,5H2,1-4H3. The molecule has 0 radical (unpaired) electrons. The Balaban J connectivity index is 3.32. The smallest absolute Gasteiger partial charge is 0.123 e. The molecule has 0 saturated carbocycles. The van der Waals surface area contributed by atoms with E-state index in [9.17, 15) is 5.11 Å². The maximum Gasteiger partial charge on any atom is 0.123 e. The summed E-state index contributed by atoms with van der Waals surface area (Å²) in [4.78, 5) is 0. The molecule has 3 heteroatoms. The van der Waals surface area contributed by atoms with E-state index < -0.39 is 5.60 Å². The average Bonchev–Trinajstić information content (AvgIpc) is 2.15. The van der Waals surface area contributed by atoms with Crippen LogP contribution in [0.25, 0.3) is 0 Å². The molecule has 15 heavy (non-hydrogen) atoms. The summed E-state index contributed by atoms with van der Waals surface area (Å²) < 4.78 is 6.30. The van der Waals surface area contributed by atoms with Gasteiger partial charge in [0.15, 0.2) is 0 Å². The van der Waals surface area contributed by atoms with Gasteiger partial charge < -0.3 is 9.84 Å². The van der Waals surface area contributed by atoms with E-state index in [-0.39, 0.29) is 0 Å². The van der Waals surface area contributed by atoms with E-state index in [4.69, 9.17) is 4.74 Å². The first-order chi connectivity index (χ1) is 6.90. The van der Waals surface area contributed by atoms with Crippen LogP contribution in [0.3, 0.4) is 0 Å². The lowest BCUT2D eigenvalue weighted by Crippen LogP contribution is -2.16. The van der Waals surface area contributed by atoms with Gasteiger partial charge in [-0.15, -0.1) is 0 Å². The molecule has 0 saturated heterocycles. The lowest BCUT2D eigenvalue weighted by Gasteiger charge is -2.20. The Kier molecular flexibility index (Phi) is 3.79. The first-order valence-corrected chi connectivity index (χ1v) is 5.78. The second kappa shape index (κ2) is 4.54. The summed E-state index contributed by atoms with van der Waals surface area (Å²) in [6.07, 6.45) is 0.899. The number of aliphatic hydroxyl groups is 1. The fourth-order valence-electron chi connectivity index (χ4n) is 1.49. The number of benzene rings is 1. The normalized spacial score (nSPS) is 11.6. The van der Waals surface area contributed by atoms with Crippen molar-refractivity contribution in [3.05, 3.63) is 27.7 Å². The maximum absolute atomic E-state index is 9.92. The summed E-state index contributed by atoms with van der Waals surface area (Å²) in [7, 11) is 1.65. The molecule has 0 amide bonds. The summed E-state index contributed by atoms with van der Waals surface area (Å²) in [5, 5.41) is 9.92. The van der Waals surface area contributed by atoms with Crippen LogP contribution in [0.2, 0.25) is 0 Å². The van der Waals surface area contributed by atoms with Crippen molar-refractivity contribution < 1.29 is 9.84 Å². The van der Waals surface area contributed by atoms with Crippen LogP contribution in [0.5, 0.6) is 5.75 Å². The number of hydrogen-bond donors (Lipinski definition) is 1. The predicted molar refractivity (Wildman–Crippen MR) is 65.3 cm³/mol. The van der Waals surface area contributed by atoms with Crippen LogP contribution in [0.1, 0.15) is 31.9 Å². The van der Waals surface area contributed by atoms with Crippen molar-refractivity contribution in [3.63, 3.8) is 0 Å². The maximum atomic E-state index is 9.92. The monoisotopic (exact) mass is 272 g/mol. The van der Waals surface area contributed by atoms with Crippen molar-refractivity contribution in [2.45, 2.75) is 32.8 Å². The molecule has 0 aliphatic heterocycles. The van der Waals surface area contributed by atoms with Gasteiger partial charge in [0, 0.05) is 10.0 Å². The molecule has 2 nitrogen and oxygen atoms in total. The highest BCUT2D eigenvalue weighted by molar-refractivity contribution is 9.10. The Morgan fingerprint density at radius 1 is 1.40 bits per heavy atom. The number of rotatable bonds is 3. The molecule has 84 valence electrons. The largest absolute Gasteiger partial charge is 0.496 e. The Morgan fingerprint density at radius 3 is 2.40 bits per heavy atom. The molecule has 0 bridgehead atoms. The molecule has 1 aromatic rings. The third-order valence-corrected chi connectivity index (χ3v) is 3.14. The van der Waals surface area contributed by atoms with Crippen molar-refractivity contribution in [2.75, 3.05) is 7.11 Å². The summed E-state index contributed by atoms with van der Waals surface area (Å²) in [5.74, 6) is 0.823. The van der Waals surface area contributed by atoms with Crippen molar-refractivity contribution in [2.24, 2.45) is 0 Å². The minimum absolute atomic E-state index is 0.823. The summed E-state index contributed by atoms with van der Waals surface area (Å²) >= 11 is 3.50. The minimum Gasteiger partial charge on any atom is -0.496 e. The molecule has 0 aromatic heterocycles. The molecule has 0 unspecified atom stereocenters. The highest BCUT2D eigenvalue weighted by Crippen LogP contribution is 2.33. The van der Waals surface area contributed by atoms with Gasteiger partial charge in [0.05, 0.1) is 12.7 Å². The molecule has 1 N–H and O–H groups in total. The molecule has 0 fully saturated rings. The fraction of sp³-hybridized carbons (Fsp3) is 0.500. The molecule has 1 aromatic carbocycles. The predicted octanol–water partition coefficient (Wildman–Crippen LogP) is 3.25. The Bertz CT molecular complexity index is 353. The number of ether oxygens (including phenoxy) is 1. The Hall–Kier alpha value is -0.540. The van der Waals surface area contributed by atoms with Crippen molar-refractivity contribution in [1.82, 2.24) is 0 Å². The zero-order valence-electron chi connectivity index (χ0n) is 9.60. The Morgan fingerprint density at radius 2 is 2.00 bits per heavy atom. The number of halogens is 1. The summed E-state index contributed by atoms with van der Waals surface area (Å²) in [6, 6.07) is 3.84. The van der Waals surface area contributed by atoms with Crippen molar-refractivity contribution >= 4 is 15.9 Å². The second-order valence-electron chi connectivity index (χ2n) is 4.05. The number of hydrogen-bond acceptors (Lipinski definition) is 2. The van der Waals surface area contributed by atoms with Gasteiger partial charge >= 0.3 is 0 Å². The van der Waals surface area contributed by atoms with Crippen LogP contribution in [0.15, 0.2) is 16.6 Å². The van der Waals surface area contributed by atoms with Crippen LogP contribution >= 0.6 is 15.9 Å². The van der Waals surface area contributed by atoms with E-state index in [0.29, 0.717) is 0 Å². The average molecular weight is 273 g/mol. The molecule has 0 heterocycles. The molecule has 0 aliphatic rings. The van der Waals surface area contributed by atoms with Crippen molar-refractivity contribution in [3.8, 4) is 5.75 Å². The van der Waals surface area contributed by atoms with Crippen LogP contribution in [-0.4, -0.2) is 12.2 Å². The lowest BCUT2D eigenvalue weighted by atomic mass is 9.96. The lowest BCUT2D eigenvalue weighted by molar-refractivity contribution is 0.0782. The molecule has 0 spiro atoms. The van der Waals surface area contributed by atoms with Crippen LogP contribution < -0.4 is 4.74 Å². The van der Waals surface area contributed by atoms with E-state index in [1.165, 1.54) is 0 Å². The van der Waals surface area contributed by atoms with E-state index >= 15 is 0 Å². The van der Waals surface area contributed by atoms with E-state index in [1.54, 1.807) is 21.0 Å². The van der Waals surface area contributed by atoms with Gasteiger partial charge in [-0.1, -0.05) is 22.9 Å². The van der Waals surface area contributed by atoms with Crippen molar-refractivity contribution in [1.29, 1.82) is 0 Å². The number of methoxy groups -OCH3 is 1. The van der Waals surface area contributed by atoms with Gasteiger partial charge in [-0.3, -0.25) is 0 Å². The first kappa shape index (κ1) is 12.5. The SMILES string of the molecule is CCc1c(Br)cc(C(C)(C)O)cc1OC. The second-order valence-corrected chi connectivity index (χ2v) is 4.91. The summed E-state index contributed by atoms with van der Waals surface area (Å²) in [5.41, 5.74) is 1.14. The third kappa shape index (κ3) is 2.73. The topological polar surface area (TPSA) is 29.5 Å². The van der Waals surface area contributed by atoms with Crippen LogP contribution in [-0.2, 0) is 12.0 Å². The van der Waals surface area contributed by atoms with E-state index in [1.807, 2.05) is 12.1 Å². The highest BCUT2D eigenvalue weighted by atomic mass is 79.9. The quantitative estimate of drug-likeness (QED) is 0.916. The molecular formula is C12H17BrO2. The van der Waals surface area contributed by atoms with E-state index in [2.05, 4.69) is 22.9 Å². The van der Waals surface area contributed by atoms with Gasteiger partial charge in [0.1, 0.15) is 5.75 Å². The first-order valence-electron chi connectivity index (χ1n) is 4.99. The molecular weight excluding hydrogens is 256 g/mol. The fourth-order valence-corrected chi connectivity index (χ4v) is 2.21. The molecule has 0 atom stereocenters. The van der Waals surface area contributed by atoms with Gasteiger partial charge in [0.2, 0.25) is 0 Å². The van der Waals surface area contributed by atoms with Crippen LogP contribution in [0, 0.1) is 0 Å². The van der Waals surface area contributed by atoms with Gasteiger partial charge in [-0.2, -0.15) is 0 Å². The zero-order valence-corrected chi connectivity index (χ0v) is 11.2. The highest BCUT2D eigenvalue weighted by Gasteiger charge is 2.19. The summed E-state index contributed by atoms with van der Waals surface area (Å²) in [6.45, 7) is 5.60. The van der Waals surface area contributed by atoms with Crippen LogP contribution in [0.4, 0.5) is 0 Å². The Labute approximate surface area is 99.4 Å². The van der Waals surface area contributed by atoms with Gasteiger partial charge in [0.25, 0.3) is 0 Å². The van der Waals surface area contributed by atoms with E-state index in [0.717, 1.165) is 27.8 Å². The van der Waals surface area contributed by atoms with Gasteiger partial charge in [-0.05, 0) is 38.0 Å². The van der Waals surface area contributed by atoms with Gasteiger partial charge in [-0.25, -0.2) is 0 Å². The minimum atomic E-state index is -0.845. The third-order valence-electron chi connectivity index (χ3n) is 2.43. The molecule has 0 aliphatic carbocycles. The molecule has 1 rings (SSSR count). The zero-order chi connectivity index (χ0) is 11.6.